The van der Waals surface area contributed by atoms with Crippen molar-refractivity contribution in [3.05, 3.63) is 49.0 Å². The van der Waals surface area contributed by atoms with Gasteiger partial charge in [0.15, 0.2) is 0 Å². The summed E-state index contributed by atoms with van der Waals surface area (Å²) in [5.41, 5.74) is 1.12. The molecular weight excluding hydrogens is 378 g/mol. The van der Waals surface area contributed by atoms with E-state index in [9.17, 15) is 5.11 Å². The third-order valence-corrected chi connectivity index (χ3v) is 4.92. The lowest BCUT2D eigenvalue weighted by Gasteiger charge is -2.13. The van der Waals surface area contributed by atoms with Gasteiger partial charge in [0.2, 0.25) is 0 Å². The second-order valence-electron chi connectivity index (χ2n) is 4.03. The smallest absolute Gasteiger partial charge is 0.143 e. The monoisotopic (exact) mass is 389 g/mol. The number of aromatic hydroxyl groups is 1. The van der Waals surface area contributed by atoms with E-state index in [1.54, 1.807) is 11.3 Å². The summed E-state index contributed by atoms with van der Waals surface area (Å²) >= 11 is 8.43. The molecule has 0 fully saturated rings. The Hall–Kier alpha value is -0.360. The van der Waals surface area contributed by atoms with Gasteiger partial charge in [-0.1, -0.05) is 6.07 Å². The Morgan fingerprint density at radius 2 is 2.00 bits per heavy atom. The van der Waals surface area contributed by atoms with Gasteiger partial charge < -0.3 is 10.4 Å². The van der Waals surface area contributed by atoms with E-state index in [2.05, 4.69) is 61.6 Å². The quantitative estimate of drug-likeness (QED) is 0.783. The lowest BCUT2D eigenvalue weighted by Crippen LogP contribution is -2.17. The molecule has 0 aliphatic rings. The second kappa shape index (κ2) is 6.19. The lowest BCUT2D eigenvalue weighted by molar-refractivity contribution is 0.468. The van der Waals surface area contributed by atoms with Gasteiger partial charge in [0.05, 0.1) is 8.95 Å². The van der Waals surface area contributed by atoms with Gasteiger partial charge in [0.1, 0.15) is 5.75 Å². The Kier molecular flexibility index (Phi) is 4.84. The van der Waals surface area contributed by atoms with E-state index < -0.39 is 0 Å². The van der Waals surface area contributed by atoms with Crippen molar-refractivity contribution < 1.29 is 5.11 Å². The number of nitrogens with one attached hydrogen (secondary N) is 1. The molecule has 0 amide bonds. The topological polar surface area (TPSA) is 32.3 Å². The molecule has 2 N–H and O–H groups in total. The number of phenolic OH excluding ortho intramolecular Hbond substituents is 1. The maximum atomic E-state index is 9.65. The highest BCUT2D eigenvalue weighted by Crippen LogP contribution is 2.33. The Balaban J connectivity index is 2.02. The predicted octanol–water partition coefficient (Wildman–Crippen LogP) is 4.83. The fourth-order valence-electron chi connectivity index (χ4n) is 1.63. The number of benzene rings is 1. The number of halogens is 2. The lowest BCUT2D eigenvalue weighted by atomic mass is 10.2. The van der Waals surface area contributed by atoms with Gasteiger partial charge >= 0.3 is 0 Å². The van der Waals surface area contributed by atoms with Crippen LogP contribution < -0.4 is 5.32 Å². The zero-order chi connectivity index (χ0) is 13.1. The molecule has 0 aliphatic heterocycles. The molecule has 18 heavy (non-hydrogen) atoms. The minimum atomic E-state index is 0.241. The molecule has 2 aromatic rings. The van der Waals surface area contributed by atoms with Crippen LogP contribution in [0.5, 0.6) is 5.75 Å². The summed E-state index contributed by atoms with van der Waals surface area (Å²) in [5, 5.41) is 15.2. The van der Waals surface area contributed by atoms with Crippen molar-refractivity contribution in [3.8, 4) is 5.75 Å². The van der Waals surface area contributed by atoms with E-state index in [1.165, 1.54) is 4.88 Å². The van der Waals surface area contributed by atoms with Crippen LogP contribution in [-0.2, 0) is 6.54 Å². The van der Waals surface area contributed by atoms with Gasteiger partial charge in [-0.2, -0.15) is 0 Å². The predicted molar refractivity (Wildman–Crippen MR) is 83.1 cm³/mol. The van der Waals surface area contributed by atoms with Crippen LogP contribution in [-0.4, -0.2) is 5.11 Å². The molecule has 1 aromatic carbocycles. The Labute approximate surface area is 127 Å². The number of phenols is 1. The zero-order valence-corrected chi connectivity index (χ0v) is 13.8. The van der Waals surface area contributed by atoms with E-state index in [-0.39, 0.29) is 5.75 Å². The van der Waals surface area contributed by atoms with E-state index in [0.717, 1.165) is 12.1 Å². The van der Waals surface area contributed by atoms with E-state index >= 15 is 0 Å². The largest absolute Gasteiger partial charge is 0.506 e. The van der Waals surface area contributed by atoms with Gasteiger partial charge in [0.25, 0.3) is 0 Å². The van der Waals surface area contributed by atoms with Crippen LogP contribution in [0.4, 0.5) is 0 Å². The fourth-order valence-corrected chi connectivity index (χ4v) is 3.67. The number of thiophene rings is 1. The van der Waals surface area contributed by atoms with Crippen molar-refractivity contribution in [2.75, 3.05) is 0 Å². The van der Waals surface area contributed by atoms with Crippen molar-refractivity contribution in [3.63, 3.8) is 0 Å². The molecular formula is C13H13Br2NOS. The van der Waals surface area contributed by atoms with Crippen LogP contribution in [0.25, 0.3) is 0 Å². The number of hydrogen-bond donors (Lipinski definition) is 2. The van der Waals surface area contributed by atoms with E-state index in [1.807, 2.05) is 12.1 Å². The third kappa shape index (κ3) is 3.35. The molecule has 1 atom stereocenters. The van der Waals surface area contributed by atoms with E-state index in [0.29, 0.717) is 15.0 Å². The summed E-state index contributed by atoms with van der Waals surface area (Å²) in [6, 6.07) is 8.37. The summed E-state index contributed by atoms with van der Waals surface area (Å²) in [6.45, 7) is 2.91. The highest BCUT2D eigenvalue weighted by Gasteiger charge is 2.08. The summed E-state index contributed by atoms with van der Waals surface area (Å²) in [6.07, 6.45) is 0. The fraction of sp³-hybridized carbons (Fsp3) is 0.231. The van der Waals surface area contributed by atoms with E-state index in [4.69, 9.17) is 0 Å². The minimum Gasteiger partial charge on any atom is -0.506 e. The summed E-state index contributed by atoms with van der Waals surface area (Å²) < 4.78 is 1.41. The normalized spacial score (nSPS) is 12.6. The molecule has 0 saturated carbocycles. The summed E-state index contributed by atoms with van der Waals surface area (Å²) in [5.74, 6) is 0.241. The SMILES string of the molecule is CC(NCc1cc(Br)c(O)c(Br)c1)c1cccs1. The molecule has 1 unspecified atom stereocenters. The first-order valence-corrected chi connectivity index (χ1v) is 7.98. The maximum absolute atomic E-state index is 9.65. The molecule has 2 nitrogen and oxygen atoms in total. The highest BCUT2D eigenvalue weighted by atomic mass is 79.9. The van der Waals surface area contributed by atoms with Crippen LogP contribution in [0, 0.1) is 0 Å². The summed E-state index contributed by atoms with van der Waals surface area (Å²) in [4.78, 5) is 1.33. The van der Waals surface area contributed by atoms with Crippen LogP contribution in [0.1, 0.15) is 23.4 Å². The Morgan fingerprint density at radius 1 is 1.33 bits per heavy atom. The van der Waals surface area contributed by atoms with Crippen molar-refractivity contribution in [2.45, 2.75) is 19.5 Å². The molecule has 96 valence electrons. The first-order valence-electron chi connectivity index (χ1n) is 5.51. The van der Waals surface area contributed by atoms with Gasteiger partial charge in [0, 0.05) is 17.5 Å². The van der Waals surface area contributed by atoms with Crippen LogP contribution >= 0.6 is 43.2 Å². The summed E-state index contributed by atoms with van der Waals surface area (Å²) in [7, 11) is 0. The number of hydrogen-bond acceptors (Lipinski definition) is 3. The van der Waals surface area contributed by atoms with Crippen LogP contribution in [0.2, 0.25) is 0 Å². The maximum Gasteiger partial charge on any atom is 0.143 e. The Bertz CT molecular complexity index is 505. The molecule has 0 spiro atoms. The van der Waals surface area contributed by atoms with Crippen LogP contribution in [0.3, 0.4) is 0 Å². The minimum absolute atomic E-state index is 0.241. The van der Waals surface area contributed by atoms with Gasteiger partial charge in [-0.3, -0.25) is 0 Å². The first-order chi connectivity index (χ1) is 8.58. The molecule has 5 heteroatoms. The molecule has 1 heterocycles. The molecule has 2 rings (SSSR count). The first kappa shape index (κ1) is 14.1. The van der Waals surface area contributed by atoms with Gasteiger partial charge in [-0.25, -0.2) is 0 Å². The van der Waals surface area contributed by atoms with Gasteiger partial charge in [-0.15, -0.1) is 11.3 Å². The van der Waals surface area contributed by atoms with Crippen LogP contribution in [0.15, 0.2) is 38.6 Å². The molecule has 0 radical (unpaired) electrons. The second-order valence-corrected chi connectivity index (χ2v) is 6.71. The average molecular weight is 391 g/mol. The van der Waals surface area contributed by atoms with Gasteiger partial charge in [-0.05, 0) is 67.9 Å². The molecule has 0 aliphatic carbocycles. The van der Waals surface area contributed by atoms with Crippen molar-refractivity contribution in [2.24, 2.45) is 0 Å². The highest BCUT2D eigenvalue weighted by molar-refractivity contribution is 9.11. The average Bonchev–Trinajstić information content (AvgIpc) is 2.86. The standard InChI is InChI=1S/C13H13Br2NOS/c1-8(12-3-2-4-18-12)16-7-9-5-10(14)13(17)11(15)6-9/h2-6,8,16-17H,7H2,1H3. The molecule has 1 aromatic heterocycles. The molecule has 0 bridgehead atoms. The zero-order valence-electron chi connectivity index (χ0n) is 9.78. The van der Waals surface area contributed by atoms with Crippen molar-refractivity contribution in [1.82, 2.24) is 5.32 Å². The number of rotatable bonds is 4. The van der Waals surface area contributed by atoms with Crippen molar-refractivity contribution >= 4 is 43.2 Å². The van der Waals surface area contributed by atoms with Crippen molar-refractivity contribution in [1.29, 1.82) is 0 Å². The molecule has 0 saturated heterocycles. The third-order valence-electron chi connectivity index (χ3n) is 2.66. The Morgan fingerprint density at radius 3 is 2.56 bits per heavy atom.